The summed E-state index contributed by atoms with van der Waals surface area (Å²) >= 11 is 0. The predicted molar refractivity (Wildman–Crippen MR) is 65.0 cm³/mol. The van der Waals surface area contributed by atoms with Gasteiger partial charge in [0.1, 0.15) is 5.82 Å². The van der Waals surface area contributed by atoms with Crippen LogP contribution in [0.25, 0.3) is 11.1 Å². The van der Waals surface area contributed by atoms with Crippen LogP contribution in [0.5, 0.6) is 0 Å². The highest BCUT2D eigenvalue weighted by Crippen LogP contribution is 2.25. The number of carboxylic acids is 1. The minimum Gasteiger partial charge on any atom is -0.478 e. The minimum atomic E-state index is -1.26. The molecule has 18 heavy (non-hydrogen) atoms. The van der Waals surface area contributed by atoms with E-state index in [4.69, 9.17) is 5.11 Å². The van der Waals surface area contributed by atoms with Gasteiger partial charge in [-0.25, -0.2) is 9.18 Å². The lowest BCUT2D eigenvalue weighted by molar-refractivity contribution is 0.0692. The molecule has 4 nitrogen and oxygen atoms in total. The van der Waals surface area contributed by atoms with Gasteiger partial charge in [-0.15, -0.1) is 0 Å². The fraction of sp³-hybridized carbons (Fsp3) is 0.231. The third-order valence-electron chi connectivity index (χ3n) is 2.81. The Morgan fingerprint density at radius 2 is 2.22 bits per heavy atom. The number of carboxylic acid groups (broad SMARTS) is 1. The summed E-state index contributed by atoms with van der Waals surface area (Å²) < 4.78 is 15.4. The molecule has 0 bridgehead atoms. The van der Waals surface area contributed by atoms with Crippen molar-refractivity contribution < 1.29 is 14.3 Å². The van der Waals surface area contributed by atoms with Crippen molar-refractivity contribution in [2.75, 3.05) is 0 Å². The van der Waals surface area contributed by atoms with Gasteiger partial charge in [0.25, 0.3) is 0 Å². The van der Waals surface area contributed by atoms with Crippen molar-refractivity contribution in [3.63, 3.8) is 0 Å². The molecular formula is C13H13FN2O2. The van der Waals surface area contributed by atoms with E-state index in [1.54, 1.807) is 17.8 Å². The minimum absolute atomic E-state index is 0.306. The zero-order valence-corrected chi connectivity index (χ0v) is 10.1. The molecule has 1 heterocycles. The number of carbonyl (C=O) groups is 1. The molecule has 0 saturated carbocycles. The molecule has 0 fully saturated rings. The van der Waals surface area contributed by atoms with Gasteiger partial charge in [0.15, 0.2) is 0 Å². The number of hydrogen-bond acceptors (Lipinski definition) is 2. The van der Waals surface area contributed by atoms with Crippen LogP contribution in [0.15, 0.2) is 24.5 Å². The molecule has 0 aliphatic heterocycles. The first-order valence-corrected chi connectivity index (χ1v) is 5.59. The van der Waals surface area contributed by atoms with E-state index >= 15 is 0 Å². The first kappa shape index (κ1) is 12.3. The molecule has 1 aromatic heterocycles. The Morgan fingerprint density at radius 1 is 1.50 bits per heavy atom. The van der Waals surface area contributed by atoms with Crippen molar-refractivity contribution in [3.05, 3.63) is 41.5 Å². The third kappa shape index (κ3) is 2.11. The van der Waals surface area contributed by atoms with Crippen LogP contribution >= 0.6 is 0 Å². The molecule has 2 aromatic rings. The number of halogens is 1. The first-order chi connectivity index (χ1) is 8.52. The van der Waals surface area contributed by atoms with Crippen LogP contribution in [-0.4, -0.2) is 20.9 Å². The number of aromatic nitrogens is 2. The molecule has 0 saturated heterocycles. The van der Waals surface area contributed by atoms with E-state index in [-0.39, 0.29) is 5.56 Å². The van der Waals surface area contributed by atoms with E-state index in [1.807, 2.05) is 13.1 Å². The summed E-state index contributed by atoms with van der Waals surface area (Å²) in [6.45, 7) is 4.44. The van der Waals surface area contributed by atoms with E-state index < -0.39 is 11.8 Å². The Hall–Kier alpha value is -2.17. The molecule has 0 aliphatic carbocycles. The molecule has 2 rings (SSSR count). The van der Waals surface area contributed by atoms with Crippen molar-refractivity contribution in [2.45, 2.75) is 20.4 Å². The fourth-order valence-corrected chi connectivity index (χ4v) is 1.83. The molecule has 0 spiro atoms. The zero-order chi connectivity index (χ0) is 13.3. The monoisotopic (exact) mass is 248 g/mol. The maximum Gasteiger partial charge on any atom is 0.338 e. The zero-order valence-electron chi connectivity index (χ0n) is 10.1. The summed E-state index contributed by atoms with van der Waals surface area (Å²) in [6, 6.07) is 2.59. The van der Waals surface area contributed by atoms with Crippen LogP contribution in [0, 0.1) is 12.7 Å². The normalized spacial score (nSPS) is 10.6. The van der Waals surface area contributed by atoms with Gasteiger partial charge in [-0.1, -0.05) is 0 Å². The molecule has 1 N–H and O–H groups in total. The van der Waals surface area contributed by atoms with Crippen molar-refractivity contribution in [3.8, 4) is 11.1 Å². The van der Waals surface area contributed by atoms with Crippen LogP contribution in [0.2, 0.25) is 0 Å². The molecule has 5 heteroatoms. The number of benzene rings is 1. The maximum absolute atomic E-state index is 13.6. The van der Waals surface area contributed by atoms with Crippen molar-refractivity contribution in [1.82, 2.24) is 9.78 Å². The van der Waals surface area contributed by atoms with Gasteiger partial charge in [-0.3, -0.25) is 4.68 Å². The van der Waals surface area contributed by atoms with Crippen molar-refractivity contribution in [1.29, 1.82) is 0 Å². The average molecular weight is 248 g/mol. The van der Waals surface area contributed by atoms with Crippen molar-refractivity contribution >= 4 is 5.97 Å². The van der Waals surface area contributed by atoms with E-state index in [1.165, 1.54) is 12.1 Å². The Bertz CT molecular complexity index is 605. The Kier molecular flexibility index (Phi) is 3.14. The van der Waals surface area contributed by atoms with E-state index in [9.17, 15) is 9.18 Å². The molecule has 0 radical (unpaired) electrons. The highest BCUT2D eigenvalue weighted by atomic mass is 19.1. The number of hydrogen-bond donors (Lipinski definition) is 1. The van der Waals surface area contributed by atoms with Gasteiger partial charge in [-0.05, 0) is 37.1 Å². The Morgan fingerprint density at radius 3 is 2.78 bits per heavy atom. The molecule has 1 aromatic carbocycles. The van der Waals surface area contributed by atoms with Crippen LogP contribution in [0.1, 0.15) is 22.8 Å². The second-order valence-corrected chi connectivity index (χ2v) is 4.04. The second-order valence-electron chi connectivity index (χ2n) is 4.04. The summed E-state index contributed by atoms with van der Waals surface area (Å²) in [4.78, 5) is 10.8. The second kappa shape index (κ2) is 4.60. The number of aromatic carboxylic acids is 1. The fourth-order valence-electron chi connectivity index (χ4n) is 1.83. The summed E-state index contributed by atoms with van der Waals surface area (Å²) in [7, 11) is 0. The summed E-state index contributed by atoms with van der Waals surface area (Å²) in [5, 5.41) is 13.0. The van der Waals surface area contributed by atoms with Gasteiger partial charge < -0.3 is 5.11 Å². The third-order valence-corrected chi connectivity index (χ3v) is 2.81. The van der Waals surface area contributed by atoms with Crippen molar-refractivity contribution in [2.24, 2.45) is 0 Å². The molecule has 94 valence electrons. The van der Waals surface area contributed by atoms with Gasteiger partial charge in [-0.2, -0.15) is 5.10 Å². The van der Waals surface area contributed by atoms with E-state index in [0.717, 1.165) is 12.1 Å². The topological polar surface area (TPSA) is 55.1 Å². The standard InChI is InChI=1S/C13H13FN2O2/c1-3-16-7-9(6-15-16)10-5-12(14)11(13(17)18)4-8(10)2/h4-7H,3H2,1-2H3,(H,17,18). The lowest BCUT2D eigenvalue weighted by Crippen LogP contribution is -2.02. The van der Waals surface area contributed by atoms with E-state index in [0.29, 0.717) is 11.1 Å². The summed E-state index contributed by atoms with van der Waals surface area (Å²) in [5.41, 5.74) is 1.85. The summed E-state index contributed by atoms with van der Waals surface area (Å²) in [5.74, 6) is -1.99. The van der Waals surface area contributed by atoms with Gasteiger partial charge in [0.2, 0.25) is 0 Å². The van der Waals surface area contributed by atoms with Crippen LogP contribution < -0.4 is 0 Å². The maximum atomic E-state index is 13.6. The molecule has 0 amide bonds. The van der Waals surface area contributed by atoms with Gasteiger partial charge in [0, 0.05) is 18.3 Å². The van der Waals surface area contributed by atoms with Crippen LogP contribution in [0.4, 0.5) is 4.39 Å². The van der Waals surface area contributed by atoms with Crippen LogP contribution in [0.3, 0.4) is 0 Å². The lowest BCUT2D eigenvalue weighted by atomic mass is 10.0. The molecule has 0 atom stereocenters. The number of rotatable bonds is 3. The quantitative estimate of drug-likeness (QED) is 0.908. The van der Waals surface area contributed by atoms with Crippen LogP contribution in [-0.2, 0) is 6.54 Å². The lowest BCUT2D eigenvalue weighted by Gasteiger charge is -2.06. The largest absolute Gasteiger partial charge is 0.478 e. The van der Waals surface area contributed by atoms with Gasteiger partial charge >= 0.3 is 5.97 Å². The number of nitrogens with zero attached hydrogens (tertiary/aromatic N) is 2. The average Bonchev–Trinajstić information content (AvgIpc) is 2.79. The van der Waals surface area contributed by atoms with E-state index in [2.05, 4.69) is 5.10 Å². The smallest absolute Gasteiger partial charge is 0.338 e. The first-order valence-electron chi connectivity index (χ1n) is 5.59. The Balaban J connectivity index is 2.52. The predicted octanol–water partition coefficient (Wildman–Crippen LogP) is 2.72. The molecule has 0 aliphatic rings. The SMILES string of the molecule is CCn1cc(-c2cc(F)c(C(=O)O)cc2C)cn1. The van der Waals surface area contributed by atoms with Gasteiger partial charge in [0.05, 0.1) is 11.8 Å². The highest BCUT2D eigenvalue weighted by molar-refractivity contribution is 5.89. The molecular weight excluding hydrogens is 235 g/mol. The molecule has 0 unspecified atom stereocenters. The number of aryl methyl sites for hydroxylation is 2. The highest BCUT2D eigenvalue weighted by Gasteiger charge is 2.14. The Labute approximate surface area is 104 Å². The summed E-state index contributed by atoms with van der Waals surface area (Å²) in [6.07, 6.45) is 3.45.